The minimum Gasteiger partial charge on any atom is -0.224 e. The van der Waals surface area contributed by atoms with Crippen molar-refractivity contribution < 1.29 is 13.2 Å². The number of carbonyl (C=O) groups excluding carboxylic acids is 1. The molecular weight excluding hydrogens is 202 g/mol. The Balaban J connectivity index is 3.12. The van der Waals surface area contributed by atoms with Crippen LogP contribution < -0.4 is 0 Å². The Morgan fingerprint density at radius 1 is 1.29 bits per heavy atom. The van der Waals surface area contributed by atoms with Crippen LogP contribution in [0.3, 0.4) is 0 Å². The van der Waals surface area contributed by atoms with Crippen LogP contribution in [0.15, 0.2) is 34.2 Å². The lowest BCUT2D eigenvalue weighted by atomic mass is 10.3. The quantitative estimate of drug-likeness (QED) is 0.561. The highest BCUT2D eigenvalue weighted by molar-refractivity contribution is 7.91. The number of sulfone groups is 1. The molecule has 0 aliphatic carbocycles. The molecule has 0 bridgehead atoms. The fourth-order valence-electron chi connectivity index (χ4n) is 0.947. The highest BCUT2D eigenvalue weighted by Crippen LogP contribution is 2.16. The van der Waals surface area contributed by atoms with E-state index in [2.05, 4.69) is 4.99 Å². The van der Waals surface area contributed by atoms with Gasteiger partial charge in [-0.2, -0.15) is 4.99 Å². The van der Waals surface area contributed by atoms with Crippen molar-refractivity contribution in [2.75, 3.05) is 5.75 Å². The molecule has 1 aromatic rings. The molecule has 0 N–H and O–H groups in total. The lowest BCUT2D eigenvalue weighted by molar-refractivity contribution is 0.565. The molecule has 0 heterocycles. The van der Waals surface area contributed by atoms with Gasteiger partial charge in [-0.25, -0.2) is 13.2 Å². The maximum atomic E-state index is 11.4. The van der Waals surface area contributed by atoms with Gasteiger partial charge in [0.05, 0.1) is 16.3 Å². The van der Waals surface area contributed by atoms with Gasteiger partial charge in [-0.1, -0.05) is 6.92 Å². The molecule has 4 nitrogen and oxygen atoms in total. The van der Waals surface area contributed by atoms with Crippen molar-refractivity contribution in [1.82, 2.24) is 0 Å². The molecule has 5 heteroatoms. The largest absolute Gasteiger partial charge is 0.240 e. The molecular formula is C9H9NO3S. The maximum Gasteiger partial charge on any atom is 0.240 e. The molecule has 0 atom stereocenters. The van der Waals surface area contributed by atoms with E-state index >= 15 is 0 Å². The van der Waals surface area contributed by atoms with Crippen LogP contribution in [0.25, 0.3) is 0 Å². The molecule has 1 aromatic carbocycles. The molecule has 14 heavy (non-hydrogen) atoms. The highest BCUT2D eigenvalue weighted by Gasteiger charge is 2.10. The fourth-order valence-corrected chi connectivity index (χ4v) is 1.83. The molecule has 0 spiro atoms. The Labute approximate surface area is 82.2 Å². The summed E-state index contributed by atoms with van der Waals surface area (Å²) in [5.41, 5.74) is 0.398. The van der Waals surface area contributed by atoms with E-state index in [0.717, 1.165) is 0 Å². The summed E-state index contributed by atoms with van der Waals surface area (Å²) < 4.78 is 22.7. The van der Waals surface area contributed by atoms with Gasteiger partial charge >= 0.3 is 0 Å². The van der Waals surface area contributed by atoms with E-state index in [4.69, 9.17) is 0 Å². The summed E-state index contributed by atoms with van der Waals surface area (Å²) in [4.78, 5) is 13.5. The van der Waals surface area contributed by atoms with E-state index in [1.165, 1.54) is 30.3 Å². The van der Waals surface area contributed by atoms with Gasteiger partial charge < -0.3 is 0 Å². The van der Waals surface area contributed by atoms with Gasteiger partial charge in [0, 0.05) is 0 Å². The number of aliphatic imine (C=N–C) groups is 1. The summed E-state index contributed by atoms with van der Waals surface area (Å²) in [6.07, 6.45) is 1.38. The molecule has 0 amide bonds. The zero-order valence-corrected chi connectivity index (χ0v) is 8.41. The highest BCUT2D eigenvalue weighted by atomic mass is 32.2. The Bertz CT molecular complexity index is 455. The SMILES string of the molecule is CCS(=O)(=O)c1ccc(N=C=O)cc1. The normalized spacial score (nSPS) is 10.6. The van der Waals surface area contributed by atoms with Crippen molar-refractivity contribution >= 4 is 21.6 Å². The lowest BCUT2D eigenvalue weighted by Crippen LogP contribution is -2.02. The van der Waals surface area contributed by atoms with Gasteiger partial charge in [0.2, 0.25) is 6.08 Å². The van der Waals surface area contributed by atoms with Gasteiger partial charge in [-0.15, -0.1) is 0 Å². The fraction of sp³-hybridized carbons (Fsp3) is 0.222. The van der Waals surface area contributed by atoms with Crippen molar-refractivity contribution in [2.24, 2.45) is 4.99 Å². The molecule has 0 aliphatic heterocycles. The summed E-state index contributed by atoms with van der Waals surface area (Å²) in [6, 6.07) is 5.78. The third-order valence-electron chi connectivity index (χ3n) is 1.75. The van der Waals surface area contributed by atoms with Crippen molar-refractivity contribution in [3.8, 4) is 0 Å². The molecule has 0 saturated carbocycles. The van der Waals surface area contributed by atoms with Gasteiger partial charge in [0.1, 0.15) is 0 Å². The molecule has 0 radical (unpaired) electrons. The lowest BCUT2D eigenvalue weighted by Gasteiger charge is -1.99. The number of isocyanates is 1. The smallest absolute Gasteiger partial charge is 0.224 e. The average Bonchev–Trinajstić information content (AvgIpc) is 2.19. The first-order valence-corrected chi connectivity index (χ1v) is 5.66. The van der Waals surface area contributed by atoms with Gasteiger partial charge in [0.15, 0.2) is 9.84 Å². The second-order valence-electron chi connectivity index (χ2n) is 2.60. The Kier molecular flexibility index (Phi) is 3.17. The van der Waals surface area contributed by atoms with Crippen LogP contribution in [0.2, 0.25) is 0 Å². The zero-order valence-electron chi connectivity index (χ0n) is 7.60. The predicted molar refractivity (Wildman–Crippen MR) is 52.0 cm³/mol. The monoisotopic (exact) mass is 211 g/mol. The third-order valence-corrected chi connectivity index (χ3v) is 3.50. The third kappa shape index (κ3) is 2.28. The van der Waals surface area contributed by atoms with Crippen molar-refractivity contribution in [3.63, 3.8) is 0 Å². The Morgan fingerprint density at radius 2 is 1.86 bits per heavy atom. The summed E-state index contributed by atoms with van der Waals surface area (Å²) in [5, 5.41) is 0. The topological polar surface area (TPSA) is 63.6 Å². The van der Waals surface area contributed by atoms with E-state index in [1.807, 2.05) is 0 Å². The summed E-state index contributed by atoms with van der Waals surface area (Å²) in [6.45, 7) is 1.58. The Morgan fingerprint density at radius 3 is 2.29 bits per heavy atom. The molecule has 0 saturated heterocycles. The van der Waals surface area contributed by atoms with E-state index in [1.54, 1.807) is 6.92 Å². The number of nitrogens with zero attached hydrogens (tertiary/aromatic N) is 1. The van der Waals surface area contributed by atoms with Crippen molar-refractivity contribution in [3.05, 3.63) is 24.3 Å². The van der Waals surface area contributed by atoms with Gasteiger partial charge in [-0.3, -0.25) is 0 Å². The molecule has 0 fully saturated rings. The number of benzene rings is 1. The first kappa shape index (κ1) is 10.6. The van der Waals surface area contributed by atoms with Crippen LogP contribution in [0, 0.1) is 0 Å². The molecule has 0 aliphatic rings. The van der Waals surface area contributed by atoms with Gasteiger partial charge in [-0.05, 0) is 24.3 Å². The second kappa shape index (κ2) is 4.17. The summed E-state index contributed by atoms with van der Waals surface area (Å²) in [5.74, 6) is 0.0588. The van der Waals surface area contributed by atoms with E-state index in [-0.39, 0.29) is 10.6 Å². The minimum atomic E-state index is -3.17. The van der Waals surface area contributed by atoms with Gasteiger partial charge in [0.25, 0.3) is 0 Å². The van der Waals surface area contributed by atoms with Crippen LogP contribution in [0.1, 0.15) is 6.92 Å². The predicted octanol–water partition coefficient (Wildman–Crippen LogP) is 1.45. The van der Waals surface area contributed by atoms with Crippen molar-refractivity contribution in [2.45, 2.75) is 11.8 Å². The maximum absolute atomic E-state index is 11.4. The van der Waals surface area contributed by atoms with E-state index in [0.29, 0.717) is 5.69 Å². The Hall–Kier alpha value is -1.45. The average molecular weight is 211 g/mol. The molecule has 0 unspecified atom stereocenters. The zero-order chi connectivity index (χ0) is 10.6. The molecule has 74 valence electrons. The second-order valence-corrected chi connectivity index (χ2v) is 4.88. The van der Waals surface area contributed by atoms with Crippen LogP contribution >= 0.6 is 0 Å². The minimum absolute atomic E-state index is 0.0588. The number of hydrogen-bond donors (Lipinski definition) is 0. The number of rotatable bonds is 3. The molecule has 0 aromatic heterocycles. The van der Waals surface area contributed by atoms with Crippen LogP contribution in [0.4, 0.5) is 5.69 Å². The summed E-state index contributed by atoms with van der Waals surface area (Å²) >= 11 is 0. The van der Waals surface area contributed by atoms with Crippen molar-refractivity contribution in [1.29, 1.82) is 0 Å². The summed E-state index contributed by atoms with van der Waals surface area (Å²) in [7, 11) is -3.17. The first-order valence-electron chi connectivity index (χ1n) is 4.01. The van der Waals surface area contributed by atoms with Crippen LogP contribution in [0.5, 0.6) is 0 Å². The van der Waals surface area contributed by atoms with E-state index < -0.39 is 9.84 Å². The van der Waals surface area contributed by atoms with E-state index in [9.17, 15) is 13.2 Å². The van der Waals surface area contributed by atoms with Crippen LogP contribution in [-0.4, -0.2) is 20.3 Å². The van der Waals surface area contributed by atoms with Crippen LogP contribution in [-0.2, 0) is 14.6 Å². The standard InChI is InChI=1S/C9H9NO3S/c1-2-14(12,13)9-5-3-8(4-6-9)10-7-11/h3-6H,2H2,1H3. The molecule has 1 rings (SSSR count). The number of hydrogen-bond acceptors (Lipinski definition) is 4. The first-order chi connectivity index (χ1) is 6.60.